The molecule has 5 heteroatoms. The molecular formula is C18H22N2O3. The predicted molar refractivity (Wildman–Crippen MR) is 88.7 cm³/mol. The molecule has 0 unspecified atom stereocenters. The number of ether oxygens (including phenoxy) is 1. The zero-order valence-electron chi connectivity index (χ0n) is 13.0. The Balaban J connectivity index is 1.83. The molecule has 0 fully saturated rings. The summed E-state index contributed by atoms with van der Waals surface area (Å²) >= 11 is 0. The molecule has 0 aliphatic carbocycles. The molecule has 122 valence electrons. The molecule has 3 N–H and O–H groups in total. The minimum atomic E-state index is -0.293. The summed E-state index contributed by atoms with van der Waals surface area (Å²) in [6, 6.07) is 17.6. The monoisotopic (exact) mass is 314 g/mol. The number of urea groups is 1. The average Bonchev–Trinajstić information content (AvgIpc) is 2.60. The van der Waals surface area contributed by atoms with E-state index in [2.05, 4.69) is 10.6 Å². The van der Waals surface area contributed by atoms with Gasteiger partial charge in [-0.2, -0.15) is 0 Å². The summed E-state index contributed by atoms with van der Waals surface area (Å²) in [5.74, 6) is 0. The van der Waals surface area contributed by atoms with Crippen LogP contribution in [0.15, 0.2) is 54.6 Å². The van der Waals surface area contributed by atoms with Gasteiger partial charge in [0.25, 0.3) is 0 Å². The van der Waals surface area contributed by atoms with Crippen molar-refractivity contribution in [3.8, 4) is 0 Å². The number of aliphatic hydroxyl groups excluding tert-OH is 1. The number of benzene rings is 2. The van der Waals surface area contributed by atoms with Crippen molar-refractivity contribution < 1.29 is 14.6 Å². The lowest BCUT2D eigenvalue weighted by atomic mass is 10.1. The molecule has 0 saturated heterocycles. The Bertz CT molecular complexity index is 602. The number of rotatable bonds is 8. The van der Waals surface area contributed by atoms with Gasteiger partial charge in [-0.3, -0.25) is 0 Å². The van der Waals surface area contributed by atoms with E-state index in [9.17, 15) is 4.79 Å². The fourth-order valence-corrected chi connectivity index (χ4v) is 2.13. The van der Waals surface area contributed by atoms with Gasteiger partial charge in [0, 0.05) is 13.1 Å². The SMILES string of the molecule is O=C(NCCO)NCc1ccccc1COCc1ccccc1. The van der Waals surface area contributed by atoms with Crippen molar-refractivity contribution in [1.29, 1.82) is 0 Å². The highest BCUT2D eigenvalue weighted by Crippen LogP contribution is 2.11. The molecule has 0 spiro atoms. The van der Waals surface area contributed by atoms with Gasteiger partial charge in [0.1, 0.15) is 0 Å². The van der Waals surface area contributed by atoms with Crippen molar-refractivity contribution in [3.63, 3.8) is 0 Å². The first-order valence-corrected chi connectivity index (χ1v) is 7.60. The molecule has 0 bridgehead atoms. The van der Waals surface area contributed by atoms with Crippen LogP contribution in [-0.2, 0) is 24.5 Å². The summed E-state index contributed by atoms with van der Waals surface area (Å²) < 4.78 is 5.76. The number of hydrogen-bond acceptors (Lipinski definition) is 3. The maximum absolute atomic E-state index is 11.5. The van der Waals surface area contributed by atoms with Gasteiger partial charge in [0.05, 0.1) is 19.8 Å². The summed E-state index contributed by atoms with van der Waals surface area (Å²) in [4.78, 5) is 11.5. The summed E-state index contributed by atoms with van der Waals surface area (Å²) in [5, 5.41) is 14.0. The molecule has 2 aromatic carbocycles. The second kappa shape index (κ2) is 9.61. The van der Waals surface area contributed by atoms with E-state index >= 15 is 0 Å². The normalized spacial score (nSPS) is 10.3. The van der Waals surface area contributed by atoms with Crippen molar-refractivity contribution in [2.75, 3.05) is 13.2 Å². The highest BCUT2D eigenvalue weighted by atomic mass is 16.5. The largest absolute Gasteiger partial charge is 0.395 e. The van der Waals surface area contributed by atoms with Crippen LogP contribution in [0.5, 0.6) is 0 Å². The highest BCUT2D eigenvalue weighted by Gasteiger charge is 2.04. The van der Waals surface area contributed by atoms with Crippen LogP contribution in [0.25, 0.3) is 0 Å². The highest BCUT2D eigenvalue weighted by molar-refractivity contribution is 5.73. The van der Waals surface area contributed by atoms with Gasteiger partial charge in [-0.05, 0) is 16.7 Å². The van der Waals surface area contributed by atoms with Crippen molar-refractivity contribution in [3.05, 3.63) is 71.3 Å². The smallest absolute Gasteiger partial charge is 0.315 e. The van der Waals surface area contributed by atoms with E-state index in [0.29, 0.717) is 19.8 Å². The first-order valence-electron chi connectivity index (χ1n) is 7.60. The Labute approximate surface area is 136 Å². The van der Waals surface area contributed by atoms with Crippen molar-refractivity contribution in [1.82, 2.24) is 10.6 Å². The fourth-order valence-electron chi connectivity index (χ4n) is 2.13. The van der Waals surface area contributed by atoms with E-state index in [-0.39, 0.29) is 19.2 Å². The van der Waals surface area contributed by atoms with Crippen LogP contribution in [0.1, 0.15) is 16.7 Å². The summed E-state index contributed by atoms with van der Waals surface area (Å²) in [5.41, 5.74) is 3.19. The number of aliphatic hydroxyl groups is 1. The molecule has 23 heavy (non-hydrogen) atoms. The molecule has 0 aliphatic rings. The van der Waals surface area contributed by atoms with Crippen LogP contribution in [0.4, 0.5) is 4.79 Å². The first-order chi connectivity index (χ1) is 11.3. The van der Waals surface area contributed by atoms with Gasteiger partial charge in [-0.15, -0.1) is 0 Å². The summed E-state index contributed by atoms with van der Waals surface area (Å²) in [7, 11) is 0. The second-order valence-corrected chi connectivity index (χ2v) is 5.08. The van der Waals surface area contributed by atoms with E-state index in [1.165, 1.54) is 0 Å². The molecule has 2 amide bonds. The Morgan fingerprint density at radius 1 is 0.913 bits per heavy atom. The molecule has 0 saturated carbocycles. The first kappa shape index (κ1) is 17.0. The zero-order chi connectivity index (χ0) is 16.3. The van der Waals surface area contributed by atoms with Crippen molar-refractivity contribution >= 4 is 6.03 Å². The topological polar surface area (TPSA) is 70.6 Å². The Hall–Kier alpha value is -2.37. The quantitative estimate of drug-likeness (QED) is 0.699. The number of hydrogen-bond donors (Lipinski definition) is 3. The average molecular weight is 314 g/mol. The summed E-state index contributed by atoms with van der Waals surface area (Å²) in [6.45, 7) is 1.64. The van der Waals surface area contributed by atoms with Crippen LogP contribution in [-0.4, -0.2) is 24.3 Å². The van der Waals surface area contributed by atoms with E-state index in [1.54, 1.807) is 0 Å². The number of amides is 2. The van der Waals surface area contributed by atoms with Crippen LogP contribution in [0, 0.1) is 0 Å². The Morgan fingerprint density at radius 2 is 1.61 bits per heavy atom. The third-order valence-corrected chi connectivity index (χ3v) is 3.32. The van der Waals surface area contributed by atoms with Crippen molar-refractivity contribution in [2.45, 2.75) is 19.8 Å². The molecule has 0 aromatic heterocycles. The predicted octanol–water partition coefficient (Wildman–Crippen LogP) is 2.19. The van der Waals surface area contributed by atoms with Gasteiger partial charge < -0.3 is 20.5 Å². The number of carbonyl (C=O) groups is 1. The molecule has 5 nitrogen and oxygen atoms in total. The van der Waals surface area contributed by atoms with Crippen LogP contribution in [0.2, 0.25) is 0 Å². The maximum Gasteiger partial charge on any atom is 0.315 e. The Kier molecular flexibility index (Phi) is 7.10. The standard InChI is InChI=1S/C18H22N2O3/c21-11-10-19-18(22)20-12-16-8-4-5-9-17(16)14-23-13-15-6-2-1-3-7-15/h1-9,21H,10-14H2,(H2,19,20,22). The zero-order valence-corrected chi connectivity index (χ0v) is 13.0. The minimum absolute atomic E-state index is 0.0721. The van der Waals surface area contributed by atoms with Gasteiger partial charge in [0.2, 0.25) is 0 Å². The lowest BCUT2D eigenvalue weighted by molar-refractivity contribution is 0.106. The molecule has 2 rings (SSSR count). The fraction of sp³-hybridized carbons (Fsp3) is 0.278. The second-order valence-electron chi connectivity index (χ2n) is 5.08. The third kappa shape index (κ3) is 6.10. The van der Waals surface area contributed by atoms with Crippen molar-refractivity contribution in [2.24, 2.45) is 0 Å². The lowest BCUT2D eigenvalue weighted by Crippen LogP contribution is -2.36. The summed E-state index contributed by atoms with van der Waals surface area (Å²) in [6.07, 6.45) is 0. The minimum Gasteiger partial charge on any atom is -0.395 e. The van der Waals surface area contributed by atoms with E-state index in [0.717, 1.165) is 16.7 Å². The van der Waals surface area contributed by atoms with Crippen LogP contribution < -0.4 is 10.6 Å². The Morgan fingerprint density at radius 3 is 2.35 bits per heavy atom. The van der Waals surface area contributed by atoms with E-state index < -0.39 is 0 Å². The third-order valence-electron chi connectivity index (χ3n) is 3.32. The van der Waals surface area contributed by atoms with Crippen LogP contribution in [0.3, 0.4) is 0 Å². The molecule has 0 radical (unpaired) electrons. The molecule has 2 aromatic rings. The molecule has 0 aliphatic heterocycles. The van der Waals surface area contributed by atoms with Crippen LogP contribution >= 0.6 is 0 Å². The number of carbonyl (C=O) groups excluding carboxylic acids is 1. The molecular weight excluding hydrogens is 292 g/mol. The van der Waals surface area contributed by atoms with Gasteiger partial charge in [-0.1, -0.05) is 54.6 Å². The maximum atomic E-state index is 11.5. The number of nitrogens with one attached hydrogen (secondary N) is 2. The van der Waals surface area contributed by atoms with Gasteiger partial charge in [0.15, 0.2) is 0 Å². The lowest BCUT2D eigenvalue weighted by Gasteiger charge is -2.12. The molecule has 0 heterocycles. The van der Waals surface area contributed by atoms with E-state index in [4.69, 9.17) is 9.84 Å². The molecule has 0 atom stereocenters. The van der Waals surface area contributed by atoms with Gasteiger partial charge in [-0.25, -0.2) is 4.79 Å². The van der Waals surface area contributed by atoms with E-state index in [1.807, 2.05) is 54.6 Å². The van der Waals surface area contributed by atoms with Gasteiger partial charge >= 0.3 is 6.03 Å².